The van der Waals surface area contributed by atoms with Crippen LogP contribution in [0, 0.1) is 0 Å². The van der Waals surface area contributed by atoms with E-state index in [2.05, 4.69) is 0 Å². The van der Waals surface area contributed by atoms with Crippen LogP contribution in [0.15, 0.2) is 53.4 Å². The SMILES string of the molecule is CC(C)S(=O)(=O)c1ccc(CC(=O)N2CCC3(CC2)OC(=O)c2ccccc23)cc1. The number of esters is 1. The number of sulfone groups is 1. The Labute approximate surface area is 176 Å². The van der Waals surface area contributed by atoms with Crippen molar-refractivity contribution in [2.24, 2.45) is 0 Å². The number of piperidine rings is 1. The maximum Gasteiger partial charge on any atom is 0.339 e. The number of benzene rings is 2. The smallest absolute Gasteiger partial charge is 0.339 e. The van der Waals surface area contributed by atoms with E-state index in [1.807, 2.05) is 18.2 Å². The first-order valence-electron chi connectivity index (χ1n) is 10.2. The van der Waals surface area contributed by atoms with Gasteiger partial charge in [-0.1, -0.05) is 30.3 Å². The van der Waals surface area contributed by atoms with Gasteiger partial charge in [-0.15, -0.1) is 0 Å². The van der Waals surface area contributed by atoms with E-state index < -0.39 is 20.7 Å². The second-order valence-electron chi connectivity index (χ2n) is 8.22. The summed E-state index contributed by atoms with van der Waals surface area (Å²) >= 11 is 0. The number of amides is 1. The zero-order valence-electron chi connectivity index (χ0n) is 17.1. The Morgan fingerprint density at radius 1 is 1.07 bits per heavy atom. The van der Waals surface area contributed by atoms with E-state index in [-0.39, 0.29) is 23.2 Å². The molecule has 4 rings (SSSR count). The Morgan fingerprint density at radius 3 is 2.33 bits per heavy atom. The monoisotopic (exact) mass is 427 g/mol. The lowest BCUT2D eigenvalue weighted by Crippen LogP contribution is -2.45. The van der Waals surface area contributed by atoms with Crippen LogP contribution in [-0.4, -0.2) is 43.5 Å². The second kappa shape index (κ2) is 7.54. The molecule has 1 spiro atoms. The summed E-state index contributed by atoms with van der Waals surface area (Å²) in [6.07, 6.45) is 1.37. The molecule has 2 heterocycles. The van der Waals surface area contributed by atoms with E-state index in [0.29, 0.717) is 31.5 Å². The summed E-state index contributed by atoms with van der Waals surface area (Å²) in [6.45, 7) is 4.33. The van der Waals surface area contributed by atoms with Crippen LogP contribution >= 0.6 is 0 Å². The maximum absolute atomic E-state index is 12.8. The molecule has 1 fully saturated rings. The molecule has 0 unspecified atom stereocenters. The number of carbonyl (C=O) groups excluding carboxylic acids is 2. The largest absolute Gasteiger partial charge is 0.450 e. The van der Waals surface area contributed by atoms with Gasteiger partial charge in [0.25, 0.3) is 0 Å². The fourth-order valence-electron chi connectivity index (χ4n) is 4.19. The average molecular weight is 428 g/mol. The minimum absolute atomic E-state index is 0.0121. The van der Waals surface area contributed by atoms with E-state index in [4.69, 9.17) is 4.74 Å². The van der Waals surface area contributed by atoms with Crippen molar-refractivity contribution in [1.29, 1.82) is 0 Å². The van der Waals surface area contributed by atoms with Gasteiger partial charge in [-0.25, -0.2) is 13.2 Å². The zero-order chi connectivity index (χ0) is 21.5. The van der Waals surface area contributed by atoms with Crippen molar-refractivity contribution in [3.63, 3.8) is 0 Å². The fourth-order valence-corrected chi connectivity index (χ4v) is 5.25. The van der Waals surface area contributed by atoms with Crippen molar-refractivity contribution in [2.75, 3.05) is 13.1 Å². The molecule has 0 aromatic heterocycles. The molecule has 6 nitrogen and oxygen atoms in total. The third-order valence-corrected chi connectivity index (χ3v) is 8.25. The number of rotatable bonds is 4. The van der Waals surface area contributed by atoms with Crippen LogP contribution in [0.25, 0.3) is 0 Å². The van der Waals surface area contributed by atoms with Crippen molar-refractivity contribution in [3.8, 4) is 0 Å². The first kappa shape index (κ1) is 20.6. The molecule has 0 radical (unpaired) electrons. The van der Waals surface area contributed by atoms with Crippen molar-refractivity contribution < 1.29 is 22.7 Å². The van der Waals surface area contributed by atoms with Gasteiger partial charge in [-0.2, -0.15) is 0 Å². The van der Waals surface area contributed by atoms with E-state index in [0.717, 1.165) is 11.1 Å². The minimum atomic E-state index is -3.32. The van der Waals surface area contributed by atoms with Gasteiger partial charge in [0.2, 0.25) is 5.91 Å². The summed E-state index contributed by atoms with van der Waals surface area (Å²) in [5, 5.41) is -0.486. The highest BCUT2D eigenvalue weighted by atomic mass is 32.2. The van der Waals surface area contributed by atoms with Gasteiger partial charge in [0.05, 0.1) is 22.1 Å². The van der Waals surface area contributed by atoms with Crippen LogP contribution in [0.3, 0.4) is 0 Å². The molecule has 0 N–H and O–H groups in total. The minimum Gasteiger partial charge on any atom is -0.450 e. The summed E-state index contributed by atoms with van der Waals surface area (Å²) < 4.78 is 30.2. The summed E-state index contributed by atoms with van der Waals surface area (Å²) in [6, 6.07) is 14.0. The Balaban J connectivity index is 1.41. The maximum atomic E-state index is 12.8. The lowest BCUT2D eigenvalue weighted by atomic mass is 9.83. The summed E-state index contributed by atoms with van der Waals surface area (Å²) in [5.74, 6) is -0.302. The number of hydrogen-bond donors (Lipinski definition) is 0. The number of likely N-dealkylation sites (tertiary alicyclic amines) is 1. The normalized spacial score (nSPS) is 17.8. The van der Waals surface area contributed by atoms with Gasteiger partial charge in [0, 0.05) is 31.5 Å². The van der Waals surface area contributed by atoms with E-state index >= 15 is 0 Å². The molecule has 1 saturated heterocycles. The molecule has 30 heavy (non-hydrogen) atoms. The lowest BCUT2D eigenvalue weighted by molar-refractivity contribution is -0.134. The molecule has 2 aliphatic rings. The van der Waals surface area contributed by atoms with Crippen LogP contribution < -0.4 is 0 Å². The quantitative estimate of drug-likeness (QED) is 0.701. The van der Waals surface area contributed by atoms with Gasteiger partial charge in [0.15, 0.2) is 9.84 Å². The lowest BCUT2D eigenvalue weighted by Gasteiger charge is -2.38. The Hall–Kier alpha value is -2.67. The van der Waals surface area contributed by atoms with E-state index in [1.54, 1.807) is 49.1 Å². The molecule has 158 valence electrons. The van der Waals surface area contributed by atoms with Gasteiger partial charge in [-0.3, -0.25) is 4.79 Å². The molecule has 7 heteroatoms. The van der Waals surface area contributed by atoms with Crippen molar-refractivity contribution in [2.45, 2.75) is 48.9 Å². The zero-order valence-corrected chi connectivity index (χ0v) is 17.9. The Bertz CT molecular complexity index is 1080. The number of nitrogens with zero attached hydrogens (tertiary/aromatic N) is 1. The van der Waals surface area contributed by atoms with Crippen LogP contribution in [0.2, 0.25) is 0 Å². The standard InChI is InChI=1S/C23H25NO5S/c1-16(2)30(27,28)18-9-7-17(8-10-18)15-21(25)24-13-11-23(12-14-24)20-6-4-3-5-19(20)22(26)29-23/h3-10,16H,11-15H2,1-2H3. The summed E-state index contributed by atoms with van der Waals surface area (Å²) in [7, 11) is -3.32. The molecular formula is C23H25NO5S. The van der Waals surface area contributed by atoms with Crippen molar-refractivity contribution >= 4 is 21.7 Å². The van der Waals surface area contributed by atoms with Crippen LogP contribution in [0.5, 0.6) is 0 Å². The second-order valence-corrected chi connectivity index (χ2v) is 10.7. The molecule has 1 amide bonds. The van der Waals surface area contributed by atoms with E-state index in [9.17, 15) is 18.0 Å². The van der Waals surface area contributed by atoms with Crippen LogP contribution in [0.4, 0.5) is 0 Å². The molecule has 0 aliphatic carbocycles. The molecule has 2 aromatic carbocycles. The molecule has 2 aliphatic heterocycles. The third kappa shape index (κ3) is 3.51. The predicted octanol–water partition coefficient (Wildman–Crippen LogP) is 3.10. The third-order valence-electron chi connectivity index (χ3n) is 6.08. The number of hydrogen-bond acceptors (Lipinski definition) is 5. The van der Waals surface area contributed by atoms with Gasteiger partial charge >= 0.3 is 5.97 Å². The van der Waals surface area contributed by atoms with E-state index in [1.165, 1.54) is 0 Å². The first-order valence-corrected chi connectivity index (χ1v) is 11.7. The molecular weight excluding hydrogens is 402 g/mol. The molecule has 2 aromatic rings. The van der Waals surface area contributed by atoms with Crippen LogP contribution in [-0.2, 0) is 31.4 Å². The molecule has 0 saturated carbocycles. The summed E-state index contributed by atoms with van der Waals surface area (Å²) in [5.41, 5.74) is 1.69. The number of carbonyl (C=O) groups is 2. The highest BCUT2D eigenvalue weighted by Crippen LogP contribution is 2.44. The highest BCUT2D eigenvalue weighted by Gasteiger charge is 2.47. The highest BCUT2D eigenvalue weighted by molar-refractivity contribution is 7.92. The number of ether oxygens (including phenoxy) is 1. The summed E-state index contributed by atoms with van der Waals surface area (Å²) in [4.78, 5) is 27.0. The topological polar surface area (TPSA) is 80.8 Å². The van der Waals surface area contributed by atoms with Gasteiger partial charge in [-0.05, 0) is 37.6 Å². The Kier molecular flexibility index (Phi) is 5.18. The molecule has 0 atom stereocenters. The molecule has 0 bridgehead atoms. The fraction of sp³-hybridized carbons (Fsp3) is 0.391. The first-order chi connectivity index (χ1) is 14.2. The van der Waals surface area contributed by atoms with Gasteiger partial charge in [0.1, 0.15) is 5.60 Å². The van der Waals surface area contributed by atoms with Crippen LogP contribution in [0.1, 0.15) is 48.2 Å². The number of fused-ring (bicyclic) bond motifs is 2. The van der Waals surface area contributed by atoms with Gasteiger partial charge < -0.3 is 9.64 Å². The Morgan fingerprint density at radius 2 is 1.70 bits per heavy atom. The average Bonchev–Trinajstić information content (AvgIpc) is 3.00. The van der Waals surface area contributed by atoms with Crippen molar-refractivity contribution in [3.05, 3.63) is 65.2 Å². The predicted molar refractivity (Wildman–Crippen MR) is 112 cm³/mol. The van der Waals surface area contributed by atoms with Crippen molar-refractivity contribution in [1.82, 2.24) is 4.90 Å².